The minimum atomic E-state index is -0.332. The summed E-state index contributed by atoms with van der Waals surface area (Å²) < 4.78 is 12.4. The molecule has 0 unspecified atom stereocenters. The molecule has 0 spiro atoms. The van der Waals surface area contributed by atoms with Crippen LogP contribution in [0.5, 0.6) is 0 Å². The highest BCUT2D eigenvalue weighted by Gasteiger charge is 1.88. The van der Waals surface area contributed by atoms with Crippen molar-refractivity contribution in [2.75, 3.05) is 5.33 Å². The van der Waals surface area contributed by atoms with Crippen LogP contribution in [0.4, 0.5) is 4.39 Å². The maximum absolute atomic E-state index is 12.4. The number of hydrogen-bond acceptors (Lipinski definition) is 1. The van der Waals surface area contributed by atoms with Gasteiger partial charge in [-0.3, -0.25) is 0 Å². The van der Waals surface area contributed by atoms with E-state index in [1.807, 2.05) is 0 Å². The summed E-state index contributed by atoms with van der Waals surface area (Å²) in [5.74, 6) is 5.37. The molecule has 1 aromatic rings. The molecule has 0 aromatic carbocycles. The first-order valence-corrected chi connectivity index (χ1v) is 4.61. The Morgan fingerprint density at radius 3 is 2.92 bits per heavy atom. The Kier molecular flexibility index (Phi) is 3.75. The van der Waals surface area contributed by atoms with Crippen LogP contribution in [0.3, 0.4) is 0 Å². The topological polar surface area (TPSA) is 12.9 Å². The van der Waals surface area contributed by atoms with Crippen molar-refractivity contribution in [3.8, 4) is 11.8 Å². The zero-order chi connectivity index (χ0) is 8.81. The minimum absolute atomic E-state index is 0.332. The molecule has 0 aliphatic carbocycles. The summed E-state index contributed by atoms with van der Waals surface area (Å²) in [6, 6.07) is 2.92. The summed E-state index contributed by atoms with van der Waals surface area (Å²) in [6.45, 7) is 0. The second kappa shape index (κ2) is 4.89. The standard InChI is InChI=1S/C9H7BrFN/c10-6-2-1-3-9-5-4-8(11)7-12-9/h4-5,7H,2,6H2. The molecule has 0 radical (unpaired) electrons. The Bertz CT molecular complexity index is 297. The van der Waals surface area contributed by atoms with Crippen molar-refractivity contribution in [3.63, 3.8) is 0 Å². The average Bonchev–Trinajstić information content (AvgIpc) is 2.09. The Balaban J connectivity index is 2.66. The number of alkyl halides is 1. The van der Waals surface area contributed by atoms with Gasteiger partial charge in [-0.1, -0.05) is 21.9 Å². The van der Waals surface area contributed by atoms with E-state index in [-0.39, 0.29) is 5.82 Å². The molecule has 3 heteroatoms. The highest BCUT2D eigenvalue weighted by Crippen LogP contribution is 1.96. The molecule has 1 heterocycles. The van der Waals surface area contributed by atoms with E-state index >= 15 is 0 Å². The largest absolute Gasteiger partial charge is 0.245 e. The third kappa shape index (κ3) is 3.02. The highest BCUT2D eigenvalue weighted by molar-refractivity contribution is 9.09. The lowest BCUT2D eigenvalue weighted by molar-refractivity contribution is 0.621. The van der Waals surface area contributed by atoms with E-state index < -0.39 is 0 Å². The number of hydrogen-bond donors (Lipinski definition) is 0. The van der Waals surface area contributed by atoms with Crippen molar-refractivity contribution in [2.45, 2.75) is 6.42 Å². The van der Waals surface area contributed by atoms with E-state index in [1.54, 1.807) is 6.07 Å². The molecular weight excluding hydrogens is 221 g/mol. The molecular formula is C9H7BrFN. The number of pyridine rings is 1. The van der Waals surface area contributed by atoms with Crippen LogP contribution in [0, 0.1) is 17.7 Å². The number of nitrogens with zero attached hydrogens (tertiary/aromatic N) is 1. The fourth-order valence-electron chi connectivity index (χ4n) is 0.650. The Hall–Kier alpha value is -0.880. The maximum atomic E-state index is 12.4. The maximum Gasteiger partial charge on any atom is 0.141 e. The highest BCUT2D eigenvalue weighted by atomic mass is 79.9. The van der Waals surface area contributed by atoms with Crippen molar-refractivity contribution in [3.05, 3.63) is 29.8 Å². The molecule has 1 nitrogen and oxygen atoms in total. The third-order valence-corrected chi connectivity index (χ3v) is 1.56. The SMILES string of the molecule is Fc1ccc(C#CCCBr)nc1. The second-order valence-corrected chi connectivity index (χ2v) is 2.90. The zero-order valence-electron chi connectivity index (χ0n) is 6.35. The van der Waals surface area contributed by atoms with Gasteiger partial charge in [-0.25, -0.2) is 9.37 Å². The Labute approximate surface area is 79.1 Å². The van der Waals surface area contributed by atoms with Gasteiger partial charge in [-0.05, 0) is 18.1 Å². The lowest BCUT2D eigenvalue weighted by atomic mass is 10.3. The van der Waals surface area contributed by atoms with E-state index in [9.17, 15) is 4.39 Å². The minimum Gasteiger partial charge on any atom is -0.245 e. The van der Waals surface area contributed by atoms with E-state index in [0.29, 0.717) is 5.69 Å². The van der Waals surface area contributed by atoms with Crippen molar-refractivity contribution < 1.29 is 4.39 Å². The van der Waals surface area contributed by atoms with Crippen LogP contribution >= 0.6 is 15.9 Å². The molecule has 0 fully saturated rings. The van der Waals surface area contributed by atoms with Gasteiger partial charge in [0, 0.05) is 11.8 Å². The normalized spacial score (nSPS) is 8.83. The van der Waals surface area contributed by atoms with Crippen LogP contribution in [0.2, 0.25) is 0 Å². The van der Waals surface area contributed by atoms with E-state index in [2.05, 4.69) is 32.8 Å². The van der Waals surface area contributed by atoms with E-state index in [1.165, 1.54) is 6.07 Å². The molecule has 0 N–H and O–H groups in total. The van der Waals surface area contributed by atoms with Crippen molar-refractivity contribution in [1.82, 2.24) is 4.98 Å². The van der Waals surface area contributed by atoms with Crippen molar-refractivity contribution >= 4 is 15.9 Å². The lowest BCUT2D eigenvalue weighted by Crippen LogP contribution is -1.82. The fraction of sp³-hybridized carbons (Fsp3) is 0.222. The van der Waals surface area contributed by atoms with Crippen molar-refractivity contribution in [1.29, 1.82) is 0 Å². The molecule has 0 saturated carbocycles. The van der Waals surface area contributed by atoms with E-state index in [0.717, 1.165) is 17.9 Å². The van der Waals surface area contributed by atoms with Gasteiger partial charge < -0.3 is 0 Å². The molecule has 0 aliphatic heterocycles. The lowest BCUT2D eigenvalue weighted by Gasteiger charge is -1.87. The Morgan fingerprint density at radius 2 is 2.33 bits per heavy atom. The summed E-state index contributed by atoms with van der Waals surface area (Å²) >= 11 is 3.25. The molecule has 0 saturated heterocycles. The molecule has 0 amide bonds. The summed E-state index contributed by atoms with van der Waals surface area (Å²) in [5, 5.41) is 0.848. The quantitative estimate of drug-likeness (QED) is 0.531. The summed E-state index contributed by atoms with van der Waals surface area (Å²) in [4.78, 5) is 3.79. The van der Waals surface area contributed by atoms with Crippen LogP contribution in [-0.2, 0) is 0 Å². The van der Waals surface area contributed by atoms with Gasteiger partial charge in [0.15, 0.2) is 0 Å². The molecule has 1 aromatic heterocycles. The van der Waals surface area contributed by atoms with Gasteiger partial charge in [0.05, 0.1) is 6.20 Å². The first kappa shape index (κ1) is 9.21. The third-order valence-electron chi connectivity index (χ3n) is 1.16. The Morgan fingerprint density at radius 1 is 1.50 bits per heavy atom. The van der Waals surface area contributed by atoms with Gasteiger partial charge in [0.25, 0.3) is 0 Å². The molecule has 0 aliphatic rings. The fourth-order valence-corrected chi connectivity index (χ4v) is 0.848. The monoisotopic (exact) mass is 227 g/mol. The number of rotatable bonds is 1. The molecule has 1 rings (SSSR count). The molecule has 62 valence electrons. The van der Waals surface area contributed by atoms with E-state index in [4.69, 9.17) is 0 Å². The summed E-state index contributed by atoms with van der Waals surface area (Å²) in [7, 11) is 0. The van der Waals surface area contributed by atoms with Gasteiger partial charge >= 0.3 is 0 Å². The van der Waals surface area contributed by atoms with Crippen LogP contribution < -0.4 is 0 Å². The van der Waals surface area contributed by atoms with Gasteiger partial charge in [-0.15, -0.1) is 0 Å². The van der Waals surface area contributed by atoms with Gasteiger partial charge in [-0.2, -0.15) is 0 Å². The van der Waals surface area contributed by atoms with Crippen LogP contribution in [-0.4, -0.2) is 10.3 Å². The second-order valence-electron chi connectivity index (χ2n) is 2.10. The average molecular weight is 228 g/mol. The molecule has 0 atom stereocenters. The predicted octanol–water partition coefficient (Wildman–Crippen LogP) is 2.36. The first-order chi connectivity index (χ1) is 5.83. The smallest absolute Gasteiger partial charge is 0.141 e. The van der Waals surface area contributed by atoms with Crippen LogP contribution in [0.25, 0.3) is 0 Å². The van der Waals surface area contributed by atoms with Gasteiger partial charge in [0.2, 0.25) is 0 Å². The first-order valence-electron chi connectivity index (χ1n) is 3.49. The van der Waals surface area contributed by atoms with Crippen LogP contribution in [0.1, 0.15) is 12.1 Å². The van der Waals surface area contributed by atoms with Gasteiger partial charge in [0.1, 0.15) is 11.5 Å². The zero-order valence-corrected chi connectivity index (χ0v) is 7.94. The molecule has 12 heavy (non-hydrogen) atoms. The number of halogens is 2. The predicted molar refractivity (Wildman–Crippen MR) is 49.5 cm³/mol. The van der Waals surface area contributed by atoms with Crippen molar-refractivity contribution in [2.24, 2.45) is 0 Å². The number of aromatic nitrogens is 1. The van der Waals surface area contributed by atoms with Crippen LogP contribution in [0.15, 0.2) is 18.3 Å². The molecule has 0 bridgehead atoms. The summed E-state index contributed by atoms with van der Waals surface area (Å²) in [5.41, 5.74) is 0.609. The summed E-state index contributed by atoms with van der Waals surface area (Å²) in [6.07, 6.45) is 1.94.